The second kappa shape index (κ2) is 8.22. The third kappa shape index (κ3) is 9.99. The van der Waals surface area contributed by atoms with Crippen LogP contribution in [0, 0.1) is 10.8 Å². The summed E-state index contributed by atoms with van der Waals surface area (Å²) < 4.78 is 0. The van der Waals surface area contributed by atoms with Crippen molar-refractivity contribution in [1.29, 1.82) is 0 Å². The second-order valence-corrected chi connectivity index (χ2v) is 5.25. The number of aliphatic carboxylic acids is 1. The average Bonchev–Trinajstić information content (AvgIpc) is 2.25. The molecule has 0 saturated heterocycles. The molecule has 0 bridgehead atoms. The van der Waals surface area contributed by atoms with Gasteiger partial charge in [0.25, 0.3) is 0 Å². The number of hydrogen-bond donors (Lipinski definition) is 4. The third-order valence-corrected chi connectivity index (χ3v) is 2.09. The van der Waals surface area contributed by atoms with E-state index in [9.17, 15) is 4.79 Å². The highest BCUT2D eigenvalue weighted by atomic mass is 16.4. The van der Waals surface area contributed by atoms with Crippen LogP contribution in [0.3, 0.4) is 0 Å². The van der Waals surface area contributed by atoms with Crippen molar-refractivity contribution < 1.29 is 25.2 Å². The van der Waals surface area contributed by atoms with Gasteiger partial charge in [-0.25, -0.2) is 4.79 Å². The molecule has 0 amide bonds. The monoisotopic (exact) mass is 248 g/mol. The summed E-state index contributed by atoms with van der Waals surface area (Å²) in [5, 5.41) is 34.7. The Morgan fingerprint density at radius 2 is 1.41 bits per heavy atom. The predicted octanol–water partition coefficient (Wildman–Crippen LogP) is 0.643. The Balaban J connectivity index is 0. The van der Waals surface area contributed by atoms with Gasteiger partial charge in [-0.15, -0.1) is 0 Å². The van der Waals surface area contributed by atoms with E-state index in [1.165, 1.54) is 0 Å². The smallest absolute Gasteiger partial charge is 0.327 e. The Labute approximate surface area is 102 Å². The molecular formula is C12H24O5. The van der Waals surface area contributed by atoms with Gasteiger partial charge < -0.3 is 20.4 Å². The van der Waals surface area contributed by atoms with Crippen molar-refractivity contribution in [2.45, 2.75) is 27.2 Å². The van der Waals surface area contributed by atoms with Gasteiger partial charge in [0.05, 0.1) is 19.8 Å². The molecule has 0 aliphatic rings. The van der Waals surface area contributed by atoms with Crippen LogP contribution in [0.1, 0.15) is 27.2 Å². The highest BCUT2D eigenvalue weighted by molar-refractivity contribution is 5.78. The van der Waals surface area contributed by atoms with Crippen LogP contribution < -0.4 is 0 Å². The van der Waals surface area contributed by atoms with Crippen molar-refractivity contribution in [3.05, 3.63) is 12.7 Å². The molecule has 5 heteroatoms. The summed E-state index contributed by atoms with van der Waals surface area (Å²) in [6.07, 6.45) is 1.45. The maximum absolute atomic E-state index is 9.25. The molecule has 0 saturated carbocycles. The normalized spacial score (nSPS) is 11.4. The van der Waals surface area contributed by atoms with Gasteiger partial charge in [0.1, 0.15) is 0 Å². The van der Waals surface area contributed by atoms with Crippen LogP contribution in [-0.2, 0) is 4.79 Å². The molecule has 0 radical (unpaired) electrons. The zero-order valence-electron chi connectivity index (χ0n) is 10.8. The lowest BCUT2D eigenvalue weighted by molar-refractivity contribution is -0.131. The number of aliphatic hydroxyl groups excluding tert-OH is 3. The molecule has 5 nitrogen and oxygen atoms in total. The van der Waals surface area contributed by atoms with E-state index in [2.05, 4.69) is 6.58 Å². The summed E-state index contributed by atoms with van der Waals surface area (Å²) in [4.78, 5) is 9.25. The second-order valence-electron chi connectivity index (χ2n) is 5.25. The minimum absolute atomic E-state index is 0.00813. The largest absolute Gasteiger partial charge is 0.478 e. The first kappa shape index (κ1) is 18.5. The standard InChI is InChI=1S/C9H20O3.C3H4O2/c1-8(2,3)4-9(5-10,6-11)7-12;1-2-3(4)5/h10-12H,4-7H2,1-3H3;2H,1H2,(H,4,5). The fourth-order valence-corrected chi connectivity index (χ4v) is 1.44. The summed E-state index contributed by atoms with van der Waals surface area (Å²) in [7, 11) is 0. The topological polar surface area (TPSA) is 98.0 Å². The zero-order chi connectivity index (χ0) is 14.1. The van der Waals surface area contributed by atoms with Crippen molar-refractivity contribution in [3.8, 4) is 0 Å². The molecule has 0 atom stereocenters. The van der Waals surface area contributed by atoms with Gasteiger partial charge in [0, 0.05) is 11.5 Å². The van der Waals surface area contributed by atoms with Crippen LogP contribution >= 0.6 is 0 Å². The molecule has 0 unspecified atom stereocenters. The molecule has 0 fully saturated rings. The quantitative estimate of drug-likeness (QED) is 0.535. The van der Waals surface area contributed by atoms with Crippen LogP contribution in [0.15, 0.2) is 12.7 Å². The Morgan fingerprint density at radius 1 is 1.12 bits per heavy atom. The van der Waals surface area contributed by atoms with Crippen LogP contribution in [0.5, 0.6) is 0 Å². The van der Waals surface area contributed by atoms with E-state index in [-0.39, 0.29) is 25.2 Å². The van der Waals surface area contributed by atoms with Gasteiger partial charge >= 0.3 is 5.97 Å². The van der Waals surface area contributed by atoms with Gasteiger partial charge in [-0.2, -0.15) is 0 Å². The van der Waals surface area contributed by atoms with Crippen molar-refractivity contribution in [1.82, 2.24) is 0 Å². The van der Waals surface area contributed by atoms with E-state index in [4.69, 9.17) is 20.4 Å². The Morgan fingerprint density at radius 3 is 1.47 bits per heavy atom. The number of carboxylic acids is 1. The fraction of sp³-hybridized carbons (Fsp3) is 0.750. The summed E-state index contributed by atoms with van der Waals surface area (Å²) in [6, 6.07) is 0. The fourth-order valence-electron chi connectivity index (χ4n) is 1.44. The van der Waals surface area contributed by atoms with E-state index >= 15 is 0 Å². The molecule has 0 aliphatic carbocycles. The number of rotatable bonds is 5. The van der Waals surface area contributed by atoms with Crippen molar-refractivity contribution in [2.75, 3.05) is 19.8 Å². The van der Waals surface area contributed by atoms with E-state index in [1.807, 2.05) is 20.8 Å². The Hall–Kier alpha value is -0.910. The minimum atomic E-state index is -0.981. The third-order valence-electron chi connectivity index (χ3n) is 2.09. The molecule has 0 aromatic carbocycles. The van der Waals surface area contributed by atoms with Crippen LogP contribution in [-0.4, -0.2) is 46.2 Å². The average molecular weight is 248 g/mol. The molecule has 0 heterocycles. The SMILES string of the molecule is C=CC(=O)O.CC(C)(C)CC(CO)(CO)CO. The molecule has 102 valence electrons. The van der Waals surface area contributed by atoms with Gasteiger partial charge in [0.15, 0.2) is 0 Å². The van der Waals surface area contributed by atoms with E-state index in [0.717, 1.165) is 6.08 Å². The van der Waals surface area contributed by atoms with Crippen LogP contribution in [0.2, 0.25) is 0 Å². The zero-order valence-corrected chi connectivity index (χ0v) is 10.8. The molecule has 0 aromatic heterocycles. The van der Waals surface area contributed by atoms with E-state index in [0.29, 0.717) is 6.42 Å². The molecule has 4 N–H and O–H groups in total. The molecule has 0 aromatic rings. The first-order chi connectivity index (χ1) is 7.66. The van der Waals surface area contributed by atoms with Crippen molar-refractivity contribution >= 4 is 5.97 Å². The van der Waals surface area contributed by atoms with Gasteiger partial charge in [-0.05, 0) is 11.8 Å². The lowest BCUT2D eigenvalue weighted by atomic mass is 9.75. The summed E-state index contributed by atoms with van der Waals surface area (Å²) in [6.45, 7) is 8.50. The lowest BCUT2D eigenvalue weighted by Gasteiger charge is -2.34. The Bertz CT molecular complexity index is 217. The number of carboxylic acid groups (broad SMARTS) is 1. The van der Waals surface area contributed by atoms with Crippen LogP contribution in [0.4, 0.5) is 0 Å². The maximum Gasteiger partial charge on any atom is 0.327 e. The molecular weight excluding hydrogens is 224 g/mol. The Kier molecular flexibility index (Phi) is 8.92. The van der Waals surface area contributed by atoms with Gasteiger partial charge in [-0.1, -0.05) is 27.4 Å². The van der Waals surface area contributed by atoms with Crippen LogP contribution in [0.25, 0.3) is 0 Å². The predicted molar refractivity (Wildman–Crippen MR) is 65.6 cm³/mol. The van der Waals surface area contributed by atoms with E-state index < -0.39 is 11.4 Å². The summed E-state index contributed by atoms with van der Waals surface area (Å²) in [5.74, 6) is -0.981. The summed E-state index contributed by atoms with van der Waals surface area (Å²) in [5.41, 5.74) is -0.716. The highest BCUT2D eigenvalue weighted by Crippen LogP contribution is 2.32. The van der Waals surface area contributed by atoms with Crippen molar-refractivity contribution in [3.63, 3.8) is 0 Å². The number of hydrogen-bond acceptors (Lipinski definition) is 4. The molecule has 17 heavy (non-hydrogen) atoms. The molecule has 0 spiro atoms. The number of aliphatic hydroxyl groups is 3. The molecule has 0 aliphatic heterocycles. The van der Waals surface area contributed by atoms with E-state index in [1.54, 1.807) is 0 Å². The number of carbonyl (C=O) groups is 1. The molecule has 0 rings (SSSR count). The lowest BCUT2D eigenvalue weighted by Crippen LogP contribution is -2.37. The highest BCUT2D eigenvalue weighted by Gasteiger charge is 2.32. The van der Waals surface area contributed by atoms with Crippen molar-refractivity contribution in [2.24, 2.45) is 10.8 Å². The summed E-state index contributed by atoms with van der Waals surface area (Å²) >= 11 is 0. The maximum atomic E-state index is 9.25. The van der Waals surface area contributed by atoms with Gasteiger partial charge in [0.2, 0.25) is 0 Å². The minimum Gasteiger partial charge on any atom is -0.478 e. The first-order valence-corrected chi connectivity index (χ1v) is 5.34. The van der Waals surface area contributed by atoms with Gasteiger partial charge in [-0.3, -0.25) is 0 Å². The first-order valence-electron chi connectivity index (χ1n) is 5.34.